The van der Waals surface area contributed by atoms with Gasteiger partial charge >= 0.3 is 0 Å². The molecular weight excluding hydrogens is 294 g/mol. The van der Waals surface area contributed by atoms with E-state index in [1.807, 2.05) is 24.3 Å². The lowest BCUT2D eigenvalue weighted by atomic mass is 10.3. The summed E-state index contributed by atoms with van der Waals surface area (Å²) in [4.78, 5) is 14.7. The van der Waals surface area contributed by atoms with Crippen LogP contribution in [0.5, 0.6) is 0 Å². The number of halogens is 1. The summed E-state index contributed by atoms with van der Waals surface area (Å²) in [5.74, 6) is 0.949. The molecule has 1 amide bonds. The molecule has 0 radical (unpaired) electrons. The fourth-order valence-electron chi connectivity index (χ4n) is 1.70. The second-order valence-corrected chi connectivity index (χ2v) is 5.86. The zero-order chi connectivity index (χ0) is 14.8. The topological polar surface area (TPSA) is 40.5 Å². The molecule has 0 fully saturated rings. The number of hydrogen-bond donors (Lipinski definition) is 1. The van der Waals surface area contributed by atoms with Gasteiger partial charge in [-0.2, -0.15) is 0 Å². The molecule has 0 atom stereocenters. The Morgan fingerprint density at radius 2 is 2.10 bits per heavy atom. The largest absolute Gasteiger partial charge is 0.395 e. The molecule has 1 rings (SSSR count). The first-order chi connectivity index (χ1) is 9.67. The van der Waals surface area contributed by atoms with Crippen LogP contribution in [0.15, 0.2) is 41.8 Å². The summed E-state index contributed by atoms with van der Waals surface area (Å²) in [5, 5.41) is 9.64. The predicted molar refractivity (Wildman–Crippen MR) is 85.3 cm³/mol. The highest BCUT2D eigenvalue weighted by atomic mass is 35.5. The molecule has 0 saturated heterocycles. The monoisotopic (exact) mass is 313 g/mol. The first-order valence-corrected chi connectivity index (χ1v) is 7.91. The Bertz CT molecular complexity index is 422. The van der Waals surface area contributed by atoms with Gasteiger partial charge < -0.3 is 10.0 Å². The Kier molecular flexibility index (Phi) is 8.42. The van der Waals surface area contributed by atoms with Crippen molar-refractivity contribution in [3.8, 4) is 0 Å². The molecule has 0 unspecified atom stereocenters. The highest BCUT2D eigenvalue weighted by molar-refractivity contribution is 7.99. The molecule has 20 heavy (non-hydrogen) atoms. The predicted octanol–water partition coefficient (Wildman–Crippen LogP) is 3.22. The summed E-state index contributed by atoms with van der Waals surface area (Å²) in [5.41, 5.74) is 0. The maximum Gasteiger partial charge on any atom is 0.222 e. The van der Waals surface area contributed by atoms with E-state index in [1.54, 1.807) is 22.7 Å². The number of amides is 1. The summed E-state index contributed by atoms with van der Waals surface area (Å²) in [7, 11) is 0. The molecule has 0 spiro atoms. The molecule has 0 aliphatic carbocycles. The second kappa shape index (κ2) is 9.86. The molecule has 110 valence electrons. The van der Waals surface area contributed by atoms with Gasteiger partial charge in [-0.25, -0.2) is 0 Å². The normalized spacial score (nSPS) is 10.3. The van der Waals surface area contributed by atoms with E-state index in [9.17, 15) is 4.79 Å². The minimum Gasteiger partial charge on any atom is -0.395 e. The van der Waals surface area contributed by atoms with Crippen molar-refractivity contribution in [2.45, 2.75) is 17.7 Å². The number of aliphatic hydroxyl groups excluding tert-OH is 1. The highest BCUT2D eigenvalue weighted by Gasteiger charge is 2.10. The van der Waals surface area contributed by atoms with Gasteiger partial charge in [0.25, 0.3) is 0 Å². The quantitative estimate of drug-likeness (QED) is 0.432. The maximum atomic E-state index is 11.9. The zero-order valence-electron chi connectivity index (χ0n) is 11.4. The smallest absolute Gasteiger partial charge is 0.222 e. The number of benzene rings is 1. The van der Waals surface area contributed by atoms with E-state index in [2.05, 4.69) is 6.58 Å². The lowest BCUT2D eigenvalue weighted by Gasteiger charge is -2.19. The van der Waals surface area contributed by atoms with Gasteiger partial charge in [-0.1, -0.05) is 17.7 Å². The fourth-order valence-corrected chi connectivity index (χ4v) is 2.68. The van der Waals surface area contributed by atoms with Crippen molar-refractivity contribution in [1.29, 1.82) is 0 Å². The summed E-state index contributed by atoms with van der Waals surface area (Å²) >= 11 is 7.53. The molecule has 0 aliphatic heterocycles. The Labute approximate surface area is 129 Å². The van der Waals surface area contributed by atoms with E-state index in [-0.39, 0.29) is 12.5 Å². The second-order valence-electron chi connectivity index (χ2n) is 4.26. The van der Waals surface area contributed by atoms with Crippen molar-refractivity contribution in [1.82, 2.24) is 4.90 Å². The first kappa shape index (κ1) is 17.1. The van der Waals surface area contributed by atoms with E-state index in [0.717, 1.165) is 22.1 Å². The van der Waals surface area contributed by atoms with Gasteiger partial charge in [-0.3, -0.25) is 4.79 Å². The molecule has 0 heterocycles. The summed E-state index contributed by atoms with van der Waals surface area (Å²) in [6, 6.07) is 7.68. The van der Waals surface area contributed by atoms with Crippen molar-refractivity contribution >= 4 is 29.3 Å². The van der Waals surface area contributed by atoms with E-state index < -0.39 is 0 Å². The first-order valence-electron chi connectivity index (χ1n) is 6.55. The molecule has 1 N–H and O–H groups in total. The SMILES string of the molecule is C=CCN(CCO)C(=O)CCCSc1ccc(Cl)cc1. The number of nitrogens with zero attached hydrogens (tertiary/aromatic N) is 1. The van der Waals surface area contributed by atoms with E-state index in [0.29, 0.717) is 19.5 Å². The van der Waals surface area contributed by atoms with Crippen LogP contribution in [0.2, 0.25) is 5.02 Å². The number of hydrogen-bond acceptors (Lipinski definition) is 3. The Morgan fingerprint density at radius 1 is 1.40 bits per heavy atom. The minimum absolute atomic E-state index is 0.0148. The molecule has 3 nitrogen and oxygen atoms in total. The summed E-state index contributed by atoms with van der Waals surface area (Å²) in [6.45, 7) is 4.46. The Balaban J connectivity index is 2.26. The maximum absolute atomic E-state index is 11.9. The average Bonchev–Trinajstić information content (AvgIpc) is 2.45. The van der Waals surface area contributed by atoms with E-state index in [1.165, 1.54) is 0 Å². The van der Waals surface area contributed by atoms with Gasteiger partial charge in [0, 0.05) is 29.4 Å². The molecule has 0 saturated carbocycles. The van der Waals surface area contributed by atoms with Gasteiger partial charge in [-0.15, -0.1) is 18.3 Å². The van der Waals surface area contributed by atoms with Crippen LogP contribution in [-0.4, -0.2) is 41.4 Å². The van der Waals surface area contributed by atoms with Crippen LogP contribution in [0.4, 0.5) is 0 Å². The van der Waals surface area contributed by atoms with Crippen LogP contribution in [0.25, 0.3) is 0 Å². The third-order valence-electron chi connectivity index (χ3n) is 2.69. The fraction of sp³-hybridized carbons (Fsp3) is 0.400. The number of carbonyl (C=O) groups is 1. The van der Waals surface area contributed by atoms with Crippen LogP contribution < -0.4 is 0 Å². The lowest BCUT2D eigenvalue weighted by Crippen LogP contribution is -2.33. The van der Waals surface area contributed by atoms with Crippen LogP contribution in [-0.2, 0) is 4.79 Å². The summed E-state index contributed by atoms with van der Waals surface area (Å²) < 4.78 is 0. The Hall–Kier alpha value is -0.970. The average molecular weight is 314 g/mol. The van der Waals surface area contributed by atoms with Crippen molar-refractivity contribution in [3.05, 3.63) is 41.9 Å². The molecule has 1 aromatic carbocycles. The third kappa shape index (κ3) is 6.46. The van der Waals surface area contributed by atoms with Crippen LogP contribution >= 0.6 is 23.4 Å². The third-order valence-corrected chi connectivity index (χ3v) is 4.04. The number of rotatable bonds is 9. The van der Waals surface area contributed by atoms with Gasteiger partial charge in [0.2, 0.25) is 5.91 Å². The molecule has 0 bridgehead atoms. The number of aliphatic hydroxyl groups is 1. The van der Waals surface area contributed by atoms with Gasteiger partial charge in [0.05, 0.1) is 6.61 Å². The van der Waals surface area contributed by atoms with E-state index in [4.69, 9.17) is 16.7 Å². The lowest BCUT2D eigenvalue weighted by molar-refractivity contribution is -0.131. The Morgan fingerprint density at radius 3 is 2.70 bits per heavy atom. The molecule has 0 aliphatic rings. The van der Waals surface area contributed by atoms with Crippen LogP contribution in [0.3, 0.4) is 0 Å². The molecule has 5 heteroatoms. The van der Waals surface area contributed by atoms with Crippen molar-refractivity contribution in [2.24, 2.45) is 0 Å². The van der Waals surface area contributed by atoms with Gasteiger partial charge in [-0.05, 0) is 36.4 Å². The van der Waals surface area contributed by atoms with Gasteiger partial charge in [0.15, 0.2) is 0 Å². The zero-order valence-corrected chi connectivity index (χ0v) is 13.0. The standard InChI is InChI=1S/C15H20ClNO2S/c1-2-9-17(10-11-18)15(19)4-3-12-20-14-7-5-13(16)6-8-14/h2,5-8,18H,1,3-4,9-12H2. The van der Waals surface area contributed by atoms with Crippen molar-refractivity contribution in [3.63, 3.8) is 0 Å². The molecular formula is C15H20ClNO2S. The molecule has 1 aromatic rings. The molecule has 0 aromatic heterocycles. The number of carbonyl (C=O) groups excluding carboxylic acids is 1. The summed E-state index contributed by atoms with van der Waals surface area (Å²) in [6.07, 6.45) is 2.98. The van der Waals surface area contributed by atoms with Crippen LogP contribution in [0, 0.1) is 0 Å². The van der Waals surface area contributed by atoms with Crippen molar-refractivity contribution < 1.29 is 9.90 Å². The number of thioether (sulfide) groups is 1. The van der Waals surface area contributed by atoms with Crippen molar-refractivity contribution in [2.75, 3.05) is 25.4 Å². The van der Waals surface area contributed by atoms with Crippen LogP contribution in [0.1, 0.15) is 12.8 Å². The van der Waals surface area contributed by atoms with E-state index >= 15 is 0 Å². The van der Waals surface area contributed by atoms with Gasteiger partial charge in [0.1, 0.15) is 0 Å². The highest BCUT2D eigenvalue weighted by Crippen LogP contribution is 2.21. The minimum atomic E-state index is -0.0148.